The van der Waals surface area contributed by atoms with Gasteiger partial charge in [-0.2, -0.15) is 4.31 Å². The first-order valence-corrected chi connectivity index (χ1v) is 11.1. The summed E-state index contributed by atoms with van der Waals surface area (Å²) in [4.78, 5) is 12.3. The van der Waals surface area contributed by atoms with Crippen LogP contribution in [0.25, 0.3) is 0 Å². The van der Waals surface area contributed by atoms with Crippen LogP contribution >= 0.6 is 11.8 Å². The van der Waals surface area contributed by atoms with Crippen molar-refractivity contribution in [3.05, 3.63) is 59.7 Å². The number of hydrogen-bond acceptors (Lipinski definition) is 4. The molecule has 0 aromatic heterocycles. The van der Waals surface area contributed by atoms with Crippen LogP contribution in [0.15, 0.2) is 52.3 Å². The fourth-order valence-electron chi connectivity index (χ4n) is 2.48. The van der Waals surface area contributed by atoms with E-state index in [0.717, 1.165) is 29.5 Å². The van der Waals surface area contributed by atoms with E-state index in [1.807, 2.05) is 0 Å². The zero-order chi connectivity index (χ0) is 20.7. The Morgan fingerprint density at radius 1 is 1.07 bits per heavy atom. The molecule has 0 saturated heterocycles. The molecule has 28 heavy (non-hydrogen) atoms. The Morgan fingerprint density at radius 3 is 2.29 bits per heavy atom. The maximum atomic E-state index is 13.5. The second-order valence-electron chi connectivity index (χ2n) is 5.87. The number of sulfonamides is 1. The Labute approximate surface area is 168 Å². The quantitative estimate of drug-likeness (QED) is 0.622. The first-order valence-electron chi connectivity index (χ1n) is 8.71. The molecule has 0 aliphatic heterocycles. The lowest BCUT2D eigenvalue weighted by atomic mass is 10.2. The molecule has 2 aromatic rings. The Hall–Kier alpha value is -1.97. The topological polar surface area (TPSA) is 66.5 Å². The van der Waals surface area contributed by atoms with Gasteiger partial charge in [-0.25, -0.2) is 17.2 Å². The summed E-state index contributed by atoms with van der Waals surface area (Å²) in [7, 11) is -3.52. The summed E-state index contributed by atoms with van der Waals surface area (Å²) >= 11 is 0.974. The molecule has 0 heterocycles. The molecule has 1 N–H and O–H groups in total. The Bertz CT molecular complexity index is 915. The highest BCUT2D eigenvalue weighted by molar-refractivity contribution is 8.00. The lowest BCUT2D eigenvalue weighted by Crippen LogP contribution is -2.30. The van der Waals surface area contributed by atoms with Gasteiger partial charge in [0.1, 0.15) is 11.6 Å². The first-order chi connectivity index (χ1) is 13.3. The third-order valence-corrected chi connectivity index (χ3v) is 7.12. The van der Waals surface area contributed by atoms with Crippen molar-refractivity contribution >= 4 is 27.7 Å². The fraction of sp³-hybridized carbons (Fsp3) is 0.316. The number of hydrogen-bond donors (Lipinski definition) is 1. The molecule has 0 spiro atoms. The molecule has 0 bridgehead atoms. The van der Waals surface area contributed by atoms with Crippen molar-refractivity contribution in [1.29, 1.82) is 0 Å². The van der Waals surface area contributed by atoms with Gasteiger partial charge < -0.3 is 5.32 Å². The maximum absolute atomic E-state index is 13.5. The van der Waals surface area contributed by atoms with Crippen molar-refractivity contribution in [3.8, 4) is 0 Å². The molecule has 0 atom stereocenters. The SMILES string of the molecule is CCN(CC)S(=O)(=O)c1ccc(CNC(=O)CSc2ccc(F)cc2F)cc1. The number of rotatable bonds is 9. The molecule has 0 radical (unpaired) electrons. The standard InChI is InChI=1S/C19H22F2N2O3S2/c1-3-23(4-2)28(25,26)16-8-5-14(6-9-16)12-22-19(24)13-27-18-10-7-15(20)11-17(18)21/h5-11H,3-4,12-13H2,1-2H3,(H,22,24). The van der Waals surface area contributed by atoms with Crippen molar-refractivity contribution in [2.24, 2.45) is 0 Å². The van der Waals surface area contributed by atoms with Gasteiger partial charge in [0, 0.05) is 30.6 Å². The first kappa shape index (κ1) is 22.3. The second-order valence-corrected chi connectivity index (χ2v) is 8.83. The Morgan fingerprint density at radius 2 is 1.71 bits per heavy atom. The van der Waals surface area contributed by atoms with E-state index >= 15 is 0 Å². The average Bonchev–Trinajstić information content (AvgIpc) is 2.66. The van der Waals surface area contributed by atoms with Gasteiger partial charge in [0.15, 0.2) is 0 Å². The summed E-state index contributed by atoms with van der Waals surface area (Å²) in [5.41, 5.74) is 0.741. The van der Waals surface area contributed by atoms with Crippen molar-refractivity contribution in [1.82, 2.24) is 9.62 Å². The molecule has 0 saturated carbocycles. The van der Waals surface area contributed by atoms with E-state index in [9.17, 15) is 22.0 Å². The summed E-state index contributed by atoms with van der Waals surface area (Å²) < 4.78 is 52.7. The smallest absolute Gasteiger partial charge is 0.243 e. The highest BCUT2D eigenvalue weighted by Crippen LogP contribution is 2.22. The monoisotopic (exact) mass is 428 g/mol. The van der Waals surface area contributed by atoms with Crippen molar-refractivity contribution in [2.45, 2.75) is 30.2 Å². The van der Waals surface area contributed by atoms with Gasteiger partial charge in [-0.1, -0.05) is 26.0 Å². The van der Waals surface area contributed by atoms with Gasteiger partial charge in [-0.05, 0) is 29.8 Å². The van der Waals surface area contributed by atoms with Crippen LogP contribution in [0, 0.1) is 11.6 Å². The average molecular weight is 429 g/mol. The summed E-state index contributed by atoms with van der Waals surface area (Å²) in [6.45, 7) is 4.56. The van der Waals surface area contributed by atoms with Crippen molar-refractivity contribution in [2.75, 3.05) is 18.8 Å². The highest BCUT2D eigenvalue weighted by Gasteiger charge is 2.21. The number of thioether (sulfide) groups is 1. The number of halogens is 2. The van der Waals surface area contributed by atoms with Crippen molar-refractivity contribution in [3.63, 3.8) is 0 Å². The Balaban J connectivity index is 1.89. The van der Waals surface area contributed by atoms with Gasteiger partial charge in [0.25, 0.3) is 0 Å². The van der Waals surface area contributed by atoms with Gasteiger partial charge in [0.05, 0.1) is 10.6 Å². The van der Waals surface area contributed by atoms with Gasteiger partial charge in [-0.15, -0.1) is 11.8 Å². The molecule has 2 aromatic carbocycles. The molecule has 0 unspecified atom stereocenters. The lowest BCUT2D eigenvalue weighted by molar-refractivity contribution is -0.118. The number of benzene rings is 2. The minimum atomic E-state index is -3.52. The summed E-state index contributed by atoms with van der Waals surface area (Å²) in [6.07, 6.45) is 0. The van der Waals surface area contributed by atoms with Gasteiger partial charge in [-0.3, -0.25) is 4.79 Å². The van der Waals surface area contributed by atoms with E-state index in [1.165, 1.54) is 22.5 Å². The van der Waals surface area contributed by atoms with E-state index < -0.39 is 21.7 Å². The van der Waals surface area contributed by atoms with Crippen LogP contribution < -0.4 is 5.32 Å². The van der Waals surface area contributed by atoms with Crippen molar-refractivity contribution < 1.29 is 22.0 Å². The zero-order valence-corrected chi connectivity index (χ0v) is 17.2. The number of carbonyl (C=O) groups is 1. The third kappa shape index (κ3) is 5.76. The van der Waals surface area contributed by atoms with Crippen LogP contribution in [-0.2, 0) is 21.4 Å². The molecule has 152 valence electrons. The molecule has 5 nitrogen and oxygen atoms in total. The number of carbonyl (C=O) groups excluding carboxylic acids is 1. The molecule has 9 heteroatoms. The largest absolute Gasteiger partial charge is 0.351 e. The van der Waals surface area contributed by atoms with E-state index in [1.54, 1.807) is 26.0 Å². The van der Waals surface area contributed by atoms with Crippen LogP contribution in [0.3, 0.4) is 0 Å². The maximum Gasteiger partial charge on any atom is 0.243 e. The van der Waals surface area contributed by atoms with E-state index in [2.05, 4.69) is 5.32 Å². The normalized spacial score (nSPS) is 11.6. The number of amides is 1. The highest BCUT2D eigenvalue weighted by atomic mass is 32.2. The van der Waals surface area contributed by atoms with Crippen LogP contribution in [0.5, 0.6) is 0 Å². The van der Waals surface area contributed by atoms with E-state index in [0.29, 0.717) is 13.1 Å². The van der Waals surface area contributed by atoms with E-state index in [4.69, 9.17) is 0 Å². The molecule has 0 fully saturated rings. The number of nitrogens with zero attached hydrogens (tertiary/aromatic N) is 1. The second kappa shape index (κ2) is 9.99. The molecule has 1 amide bonds. The zero-order valence-electron chi connectivity index (χ0n) is 15.6. The molecule has 2 rings (SSSR count). The predicted octanol–water partition coefficient (Wildman–Crippen LogP) is 3.40. The fourth-order valence-corrected chi connectivity index (χ4v) is 4.69. The summed E-state index contributed by atoms with van der Waals surface area (Å²) in [5, 5.41) is 2.69. The summed E-state index contributed by atoms with van der Waals surface area (Å²) in [5.74, 6) is -1.70. The van der Waals surface area contributed by atoms with Gasteiger partial charge in [0.2, 0.25) is 15.9 Å². The lowest BCUT2D eigenvalue weighted by Gasteiger charge is -2.18. The van der Waals surface area contributed by atoms with Gasteiger partial charge >= 0.3 is 0 Å². The summed E-state index contributed by atoms with van der Waals surface area (Å²) in [6, 6.07) is 9.51. The van der Waals surface area contributed by atoms with Crippen LogP contribution in [0.1, 0.15) is 19.4 Å². The minimum Gasteiger partial charge on any atom is -0.351 e. The van der Waals surface area contributed by atoms with Crippen LogP contribution in [0.2, 0.25) is 0 Å². The molecular formula is C19H22F2N2O3S2. The van der Waals surface area contributed by atoms with Crippen LogP contribution in [-0.4, -0.2) is 37.5 Å². The predicted molar refractivity (Wildman–Crippen MR) is 105 cm³/mol. The third-order valence-electron chi connectivity index (χ3n) is 4.01. The minimum absolute atomic E-state index is 0.0169. The number of nitrogens with one attached hydrogen (secondary N) is 1. The molecular weight excluding hydrogens is 406 g/mol. The molecule has 0 aliphatic rings. The molecule has 0 aliphatic carbocycles. The Kier molecular flexibility index (Phi) is 7.97. The van der Waals surface area contributed by atoms with Crippen LogP contribution in [0.4, 0.5) is 8.78 Å². The van der Waals surface area contributed by atoms with E-state index in [-0.39, 0.29) is 28.0 Å².